The van der Waals surface area contributed by atoms with Crippen molar-refractivity contribution in [1.29, 1.82) is 0 Å². The van der Waals surface area contributed by atoms with Gasteiger partial charge < -0.3 is 121 Å². The van der Waals surface area contributed by atoms with Gasteiger partial charge in [0.1, 0.15) is 90.3 Å². The Morgan fingerprint density at radius 2 is 0.877 bits per heavy atom. The average molecular weight is 1860 g/mol. The van der Waals surface area contributed by atoms with Gasteiger partial charge in [-0.3, -0.25) is 76.7 Å². The summed E-state index contributed by atoms with van der Waals surface area (Å²) < 4.78 is 0. The lowest BCUT2D eigenvalue weighted by Gasteiger charge is -2.30. The van der Waals surface area contributed by atoms with Crippen LogP contribution in [0.2, 0.25) is 0 Å². The van der Waals surface area contributed by atoms with Crippen LogP contribution < -0.4 is 91.2 Å². The molecule has 0 bridgehead atoms. The Morgan fingerprint density at radius 1 is 0.438 bits per heavy atom. The Hall–Kier alpha value is -12.2. The first-order chi connectivity index (χ1) is 61.6. The molecule has 3 aromatic heterocycles. The van der Waals surface area contributed by atoms with Crippen molar-refractivity contribution >= 4 is 135 Å². The quantitative estimate of drug-likeness (QED) is 0.0205. The molecule has 25 N–H and O–H groups in total. The molecule has 0 saturated heterocycles. The summed E-state index contributed by atoms with van der Waals surface area (Å²) in [5, 5.41) is 69.7. The minimum Gasteiger partial charge on any atom is -0.508 e. The number of thioether (sulfide) groups is 2. The number of amides is 15. The topological polar surface area (TPSA) is 657 Å². The molecular weight excluding hydrogens is 1730 g/mol. The van der Waals surface area contributed by atoms with Crippen LogP contribution in [0, 0.1) is 23.7 Å². The fourth-order valence-corrected chi connectivity index (χ4v) is 14.4. The summed E-state index contributed by atoms with van der Waals surface area (Å²) in [6.45, 7) is 16.8. The smallest absolute Gasteiger partial charge is 0.326 e. The van der Waals surface area contributed by atoms with Gasteiger partial charge in [-0.15, -0.1) is 0 Å². The van der Waals surface area contributed by atoms with Gasteiger partial charge in [-0.25, -0.2) is 14.8 Å². The highest BCUT2D eigenvalue weighted by atomic mass is 32.2. The molecule has 716 valence electrons. The lowest BCUT2D eigenvalue weighted by molar-refractivity contribution is -0.141. The van der Waals surface area contributed by atoms with Gasteiger partial charge in [0, 0.05) is 61.6 Å². The number of aromatic hydroxyl groups is 1. The minimum atomic E-state index is -1.53. The van der Waals surface area contributed by atoms with Crippen molar-refractivity contribution in [3.8, 4) is 5.75 Å². The second kappa shape index (κ2) is 55.0. The highest BCUT2D eigenvalue weighted by molar-refractivity contribution is 7.98. The molecule has 16 atom stereocenters. The number of phenolic OH excluding ortho intramolecular Hbond substituents is 1. The van der Waals surface area contributed by atoms with Gasteiger partial charge in [0.2, 0.25) is 88.6 Å². The monoisotopic (exact) mass is 1850 g/mol. The normalized spacial score (nSPS) is 15.0. The van der Waals surface area contributed by atoms with Gasteiger partial charge in [-0.05, 0) is 149 Å². The molecule has 5 aromatic rings. The van der Waals surface area contributed by atoms with Crippen molar-refractivity contribution in [2.75, 3.05) is 37.1 Å². The first-order valence-corrected chi connectivity index (χ1v) is 46.1. The van der Waals surface area contributed by atoms with Gasteiger partial charge >= 0.3 is 11.9 Å². The van der Waals surface area contributed by atoms with E-state index in [1.54, 1.807) is 80.0 Å². The number of phenols is 1. The Balaban J connectivity index is 1.28. The van der Waals surface area contributed by atoms with Crippen LogP contribution in [-0.4, -0.2) is 269 Å². The number of nitrogens with two attached hydrogens (primary N) is 2. The number of carbonyl (C=O) groups is 17. The molecule has 42 nitrogen and oxygen atoms in total. The number of hydrogen-bond donors (Lipinski definition) is 23. The zero-order valence-corrected chi connectivity index (χ0v) is 77.3. The third kappa shape index (κ3) is 36.4. The number of nitrogens with zero attached hydrogens (tertiary/aromatic N) is 2. The maximum atomic E-state index is 15.0. The molecule has 44 heteroatoms. The Morgan fingerprint density at radius 3 is 1.42 bits per heavy atom. The standard InChI is InChI=1S/C86H130N22O20S2/c1-14-47(8)71(85(126)101-61(29-32-130-13)78(119)105-64(36-53-39-89-42-93-53)76(117)92-41-67(110)98-66(86(127)128)35-52-38-91-58-20-16-15-19-56(52)58)108-82(123)63(34-51-22-24-55(109)25-23-51)104-77(118)59(21-17-18-30-87)100-81(122)65(37-54-40-90-43-94-54)103-74(115)50(11)96-80(121)62(33-44(2)3)102-73(114)49(10)95-72(113)48(9)97-83(124)69(45(4)5)107-84(125)70(46(6)7)106-79(120)60(26-27-68(111)112)99-75(116)57(88)28-31-129-12/h15-16,19-20,22-25,38-40,42-50,57,59-66,69-71,91,109H,14,17-18,21,26-37,41,87-88H2,1-13H3,(H,89,93)(H,90,94)(H,92,117)(H,95,113)(H,96,121)(H,97,124)(H,98,110)(H,99,116)(H,100,122)(H,101,126)(H,102,114)(H,103,115)(H,104,118)(H,105,119)(H,106,120)(H,107,125)(H,108,123)(H,111,112)(H,127,128)/t47-,48-,49-,50-,57-,59-,60-,61-,62-,63-,64-,65-,66-,69-,70-,71-/m0/s1. The molecule has 130 heavy (non-hydrogen) atoms. The molecule has 0 aliphatic heterocycles. The molecular formula is C86H130N22O20S2. The molecule has 0 saturated carbocycles. The van der Waals surface area contributed by atoms with Crippen LogP contribution in [0.25, 0.3) is 10.9 Å². The van der Waals surface area contributed by atoms with Crippen molar-refractivity contribution in [1.82, 2.24) is 105 Å². The number of imidazole rings is 2. The number of fused-ring (bicyclic) bond motifs is 1. The number of unbranched alkanes of at least 4 members (excludes halogenated alkanes) is 1. The number of carboxylic acid groups (broad SMARTS) is 2. The number of carboxylic acids is 2. The predicted molar refractivity (Wildman–Crippen MR) is 485 cm³/mol. The van der Waals surface area contributed by atoms with Gasteiger partial charge in [0.15, 0.2) is 0 Å². The fourth-order valence-electron chi connectivity index (χ4n) is 13.5. The summed E-state index contributed by atoms with van der Waals surface area (Å²) in [5.74, 6) is -16.8. The third-order valence-corrected chi connectivity index (χ3v) is 22.6. The number of hydrogen-bond acceptors (Lipinski definition) is 24. The van der Waals surface area contributed by atoms with E-state index in [9.17, 15) is 92.0 Å². The van der Waals surface area contributed by atoms with E-state index >= 15 is 4.79 Å². The molecule has 0 fully saturated rings. The number of nitrogens with one attached hydrogen (secondary N) is 18. The zero-order valence-electron chi connectivity index (χ0n) is 75.6. The summed E-state index contributed by atoms with van der Waals surface area (Å²) >= 11 is 2.79. The summed E-state index contributed by atoms with van der Waals surface area (Å²) in [4.78, 5) is 253. The lowest BCUT2D eigenvalue weighted by atomic mass is 9.96. The van der Waals surface area contributed by atoms with E-state index in [0.29, 0.717) is 34.7 Å². The van der Waals surface area contributed by atoms with Crippen LogP contribution in [0.5, 0.6) is 5.75 Å². The molecule has 0 aliphatic carbocycles. The molecule has 15 amide bonds. The third-order valence-electron chi connectivity index (χ3n) is 21.3. The molecule has 3 heterocycles. The van der Waals surface area contributed by atoms with Crippen LogP contribution in [0.3, 0.4) is 0 Å². The first kappa shape index (κ1) is 108. The molecule has 0 unspecified atom stereocenters. The van der Waals surface area contributed by atoms with Crippen molar-refractivity contribution in [2.45, 2.75) is 250 Å². The van der Waals surface area contributed by atoms with Crippen molar-refractivity contribution in [3.63, 3.8) is 0 Å². The van der Waals surface area contributed by atoms with E-state index in [4.69, 9.17) is 11.5 Å². The lowest BCUT2D eigenvalue weighted by Crippen LogP contribution is -2.61. The highest BCUT2D eigenvalue weighted by Crippen LogP contribution is 2.21. The number of aromatic nitrogens is 5. The Bertz CT molecular complexity index is 4590. The van der Waals surface area contributed by atoms with Gasteiger partial charge in [-0.2, -0.15) is 23.5 Å². The molecule has 0 aliphatic rings. The fraction of sp³-hybridized carbons (Fsp3) is 0.570. The van der Waals surface area contributed by atoms with E-state index in [1.165, 1.54) is 93.6 Å². The van der Waals surface area contributed by atoms with E-state index in [1.807, 2.05) is 18.4 Å². The summed E-state index contributed by atoms with van der Waals surface area (Å²) in [7, 11) is 0. The predicted octanol–water partition coefficient (Wildman–Crippen LogP) is -1.13. The second-order valence-electron chi connectivity index (χ2n) is 33.1. The van der Waals surface area contributed by atoms with Crippen LogP contribution >= 0.6 is 23.5 Å². The maximum Gasteiger partial charge on any atom is 0.326 e. The average Bonchev–Trinajstić information content (AvgIpc) is 1.75. The van der Waals surface area contributed by atoms with E-state index in [2.05, 4.69) is 105 Å². The SMILES string of the molecule is CC[C@H](C)[C@H](NC(=O)[C@H](Cc1ccc(O)cc1)NC(=O)[C@H](CCCCN)NC(=O)[C@H](Cc1c[nH]cn1)NC(=O)[C@H](C)NC(=O)[C@H](CC(C)C)NC(=O)[C@H](C)NC(=O)[C@H](C)NC(=O)[C@@H](NC(=O)[C@@H](NC(=O)[C@H](CCC(=O)O)NC(=O)[C@@H](N)CCSC)C(C)C)C(C)C)C(=O)N[C@@H](CCSC)C(=O)N[C@@H](Cc1c[nH]cn1)C(=O)NCC(=O)N[C@@H](Cc1c[nH]c2ccccc12)C(=O)O. The van der Waals surface area contributed by atoms with Crippen LogP contribution in [0.4, 0.5) is 0 Å². The second-order valence-corrected chi connectivity index (χ2v) is 35.1. The van der Waals surface area contributed by atoms with Crippen molar-refractivity contribution in [2.24, 2.45) is 35.1 Å². The maximum absolute atomic E-state index is 15.0. The number of aliphatic carboxylic acids is 2. The number of para-hydroxylation sites is 1. The molecule has 5 rings (SSSR count). The van der Waals surface area contributed by atoms with Crippen LogP contribution in [0.1, 0.15) is 156 Å². The number of rotatable bonds is 58. The molecule has 0 radical (unpaired) electrons. The summed E-state index contributed by atoms with van der Waals surface area (Å²) in [6.07, 6.45) is 10.2. The van der Waals surface area contributed by atoms with Gasteiger partial charge in [0.25, 0.3) is 0 Å². The van der Waals surface area contributed by atoms with E-state index < -0.39 is 222 Å². The Labute approximate surface area is 763 Å². The number of carbonyl (C=O) groups excluding carboxylic acids is 15. The zero-order chi connectivity index (χ0) is 96.6. The molecule has 2 aromatic carbocycles. The number of aromatic amines is 3. The summed E-state index contributed by atoms with van der Waals surface area (Å²) in [5.41, 5.74) is 14.3. The van der Waals surface area contributed by atoms with Crippen LogP contribution in [-0.2, 0) is 107 Å². The Kier molecular flexibility index (Phi) is 45.8. The largest absolute Gasteiger partial charge is 0.508 e. The van der Waals surface area contributed by atoms with Crippen molar-refractivity contribution < 1.29 is 96.8 Å². The van der Waals surface area contributed by atoms with Crippen LogP contribution in [0.15, 0.2) is 79.8 Å². The van der Waals surface area contributed by atoms with Gasteiger partial charge in [-0.1, -0.05) is 92.1 Å². The van der Waals surface area contributed by atoms with E-state index in [-0.39, 0.29) is 94.5 Å². The number of H-pyrrole nitrogens is 3. The number of benzene rings is 2. The minimum absolute atomic E-state index is 0.000140. The van der Waals surface area contributed by atoms with E-state index in [0.717, 1.165) is 10.9 Å². The first-order valence-electron chi connectivity index (χ1n) is 43.3. The van der Waals surface area contributed by atoms with Gasteiger partial charge in [0.05, 0.1) is 36.6 Å². The highest BCUT2D eigenvalue weighted by Gasteiger charge is 2.40. The van der Waals surface area contributed by atoms with Crippen molar-refractivity contribution in [3.05, 3.63) is 102 Å². The summed E-state index contributed by atoms with van der Waals surface area (Å²) in [6, 6.07) is -7.66. The molecule has 0 spiro atoms.